The number of aryl methyl sites for hydroxylation is 1. The summed E-state index contributed by atoms with van der Waals surface area (Å²) in [7, 11) is 0. The number of hydrogen-bond donors (Lipinski definition) is 2. The van der Waals surface area contributed by atoms with Crippen molar-refractivity contribution in [1.29, 1.82) is 0 Å². The van der Waals surface area contributed by atoms with Gasteiger partial charge in [0.15, 0.2) is 5.82 Å². The summed E-state index contributed by atoms with van der Waals surface area (Å²) < 4.78 is 40.6. The number of aromatic nitrogens is 4. The molecule has 1 saturated carbocycles. The molecule has 0 bridgehead atoms. The number of morpholine rings is 1. The summed E-state index contributed by atoms with van der Waals surface area (Å²) in [6, 6.07) is 7.33. The van der Waals surface area contributed by atoms with Crippen LogP contribution in [0.1, 0.15) is 63.3 Å². The first-order valence-electron chi connectivity index (χ1n) is 14.6. The summed E-state index contributed by atoms with van der Waals surface area (Å²) >= 11 is 0. The van der Waals surface area contributed by atoms with Crippen LogP contribution < -0.4 is 15.5 Å². The van der Waals surface area contributed by atoms with Crippen molar-refractivity contribution in [2.75, 3.05) is 49.7 Å². The lowest BCUT2D eigenvalue weighted by Crippen LogP contribution is -2.39. The third kappa shape index (κ3) is 7.22. The molecule has 10 nitrogen and oxygen atoms in total. The number of fused-ring (bicyclic) bond motifs is 1. The van der Waals surface area contributed by atoms with Crippen LogP contribution in [0.3, 0.4) is 0 Å². The number of unbranched alkanes of at least 4 members (excludes halogenated alkanes) is 1. The van der Waals surface area contributed by atoms with Gasteiger partial charge in [0, 0.05) is 31.7 Å². The molecule has 2 N–H and O–H groups in total. The monoisotopic (exact) mass is 571 g/mol. The van der Waals surface area contributed by atoms with Crippen LogP contribution in [0.5, 0.6) is 0 Å². The molecule has 3 aromatic rings. The maximum Gasteiger partial charge on any atom is 0.407 e. The minimum absolute atomic E-state index is 0.110. The van der Waals surface area contributed by atoms with E-state index in [1.165, 1.54) is 4.57 Å². The number of carbonyl (C=O) groups is 1. The molecule has 41 heavy (non-hydrogen) atoms. The molecular formula is C29H39F2N7O3. The lowest BCUT2D eigenvalue weighted by molar-refractivity contribution is 0.122. The SMILES string of the molecule is CCCCOC(=O)NC1CCC(CNc2nc(N3CCOCC3)cc(-n3c(C(F)F)nc4ccc(C)cc43)n2)CC1. The first-order chi connectivity index (χ1) is 19.9. The highest BCUT2D eigenvalue weighted by atomic mass is 19.3. The predicted molar refractivity (Wildman–Crippen MR) is 153 cm³/mol. The van der Waals surface area contributed by atoms with Gasteiger partial charge in [-0.15, -0.1) is 0 Å². The van der Waals surface area contributed by atoms with Crippen LogP contribution in [0, 0.1) is 12.8 Å². The number of rotatable bonds is 10. The number of benzene rings is 1. The van der Waals surface area contributed by atoms with Gasteiger partial charge in [-0.1, -0.05) is 19.4 Å². The number of hydrogen-bond acceptors (Lipinski definition) is 8. The normalized spacial score (nSPS) is 19.5. The van der Waals surface area contributed by atoms with Crippen LogP contribution in [-0.2, 0) is 9.47 Å². The summed E-state index contributed by atoms with van der Waals surface area (Å²) in [4.78, 5) is 27.8. The van der Waals surface area contributed by atoms with Crippen LogP contribution >= 0.6 is 0 Å². The van der Waals surface area contributed by atoms with E-state index in [9.17, 15) is 13.6 Å². The third-order valence-corrected chi connectivity index (χ3v) is 7.74. The van der Waals surface area contributed by atoms with Crippen LogP contribution in [0.25, 0.3) is 16.9 Å². The molecule has 0 unspecified atom stereocenters. The van der Waals surface area contributed by atoms with Crippen molar-refractivity contribution in [3.63, 3.8) is 0 Å². The van der Waals surface area contributed by atoms with Gasteiger partial charge < -0.3 is 25.0 Å². The molecule has 5 rings (SSSR count). The van der Waals surface area contributed by atoms with Crippen molar-refractivity contribution in [3.05, 3.63) is 35.7 Å². The van der Waals surface area contributed by atoms with Crippen molar-refractivity contribution in [2.45, 2.75) is 64.8 Å². The summed E-state index contributed by atoms with van der Waals surface area (Å²) in [5, 5.41) is 6.36. The second-order valence-electron chi connectivity index (χ2n) is 10.8. The molecule has 1 amide bonds. The Morgan fingerprint density at radius 3 is 2.59 bits per heavy atom. The van der Waals surface area contributed by atoms with Gasteiger partial charge in [0.05, 0.1) is 30.9 Å². The second-order valence-corrected chi connectivity index (χ2v) is 10.8. The number of imidazole rings is 1. The molecule has 222 valence electrons. The Kier molecular flexibility index (Phi) is 9.48. The molecule has 3 heterocycles. The van der Waals surface area contributed by atoms with E-state index in [0.717, 1.165) is 44.1 Å². The number of amides is 1. The molecule has 0 radical (unpaired) electrons. The van der Waals surface area contributed by atoms with E-state index >= 15 is 0 Å². The van der Waals surface area contributed by atoms with Gasteiger partial charge in [0.2, 0.25) is 5.95 Å². The van der Waals surface area contributed by atoms with E-state index in [1.54, 1.807) is 12.1 Å². The molecule has 2 aromatic heterocycles. The van der Waals surface area contributed by atoms with Gasteiger partial charge in [-0.3, -0.25) is 4.57 Å². The van der Waals surface area contributed by atoms with Crippen molar-refractivity contribution in [2.24, 2.45) is 5.92 Å². The molecule has 1 aromatic carbocycles. The molecular weight excluding hydrogens is 532 g/mol. The van der Waals surface area contributed by atoms with Gasteiger partial charge in [0.1, 0.15) is 11.6 Å². The zero-order valence-corrected chi connectivity index (χ0v) is 23.7. The second kappa shape index (κ2) is 13.4. The first kappa shape index (κ1) is 29.0. The van der Waals surface area contributed by atoms with Gasteiger partial charge >= 0.3 is 6.09 Å². The van der Waals surface area contributed by atoms with Gasteiger partial charge in [-0.05, 0) is 62.6 Å². The van der Waals surface area contributed by atoms with E-state index in [2.05, 4.69) is 27.4 Å². The Bertz CT molecular complexity index is 1320. The number of ether oxygens (including phenoxy) is 2. The van der Waals surface area contributed by atoms with Crippen LogP contribution in [0.2, 0.25) is 0 Å². The zero-order valence-electron chi connectivity index (χ0n) is 23.7. The van der Waals surface area contributed by atoms with Crippen molar-refractivity contribution >= 4 is 28.9 Å². The quantitative estimate of drug-likeness (QED) is 0.312. The standard InChI is InChI=1S/C29H39F2N7O3/c1-3-4-13-41-29(39)33-21-8-6-20(7-9-21)18-32-28-35-24(37-11-14-40-15-12-37)17-25(36-28)38-23-16-19(2)5-10-22(23)34-27(38)26(30)31/h5,10,16-17,20-21,26H,3-4,6-9,11-15,18H2,1-2H3,(H,33,39)(H,32,35,36). The Morgan fingerprint density at radius 2 is 1.85 bits per heavy atom. The zero-order chi connectivity index (χ0) is 28.8. The van der Waals surface area contributed by atoms with Crippen molar-refractivity contribution < 1.29 is 23.0 Å². The molecule has 1 aliphatic heterocycles. The van der Waals surface area contributed by atoms with Crippen molar-refractivity contribution in [1.82, 2.24) is 24.8 Å². The fraction of sp³-hybridized carbons (Fsp3) is 0.586. The lowest BCUT2D eigenvalue weighted by atomic mass is 9.86. The van der Waals surface area contributed by atoms with Gasteiger partial charge in [0.25, 0.3) is 6.43 Å². The molecule has 2 fully saturated rings. The van der Waals surface area contributed by atoms with E-state index in [-0.39, 0.29) is 18.0 Å². The molecule has 12 heteroatoms. The Balaban J connectivity index is 1.33. The highest BCUT2D eigenvalue weighted by molar-refractivity contribution is 5.79. The van der Waals surface area contributed by atoms with E-state index in [4.69, 9.17) is 19.4 Å². The molecule has 0 atom stereocenters. The lowest BCUT2D eigenvalue weighted by Gasteiger charge is -2.30. The Morgan fingerprint density at radius 1 is 1.10 bits per heavy atom. The largest absolute Gasteiger partial charge is 0.450 e. The number of anilines is 2. The summed E-state index contributed by atoms with van der Waals surface area (Å²) in [6.45, 7) is 7.51. The fourth-order valence-electron chi connectivity index (χ4n) is 5.43. The third-order valence-electron chi connectivity index (χ3n) is 7.74. The maximum absolute atomic E-state index is 14.2. The van der Waals surface area contributed by atoms with E-state index in [1.807, 2.05) is 19.1 Å². The summed E-state index contributed by atoms with van der Waals surface area (Å²) in [5.74, 6) is 1.42. The van der Waals surface area contributed by atoms with Crippen molar-refractivity contribution in [3.8, 4) is 5.82 Å². The van der Waals surface area contributed by atoms with Crippen LogP contribution in [0.15, 0.2) is 24.3 Å². The van der Waals surface area contributed by atoms with Crippen LogP contribution in [0.4, 0.5) is 25.3 Å². The summed E-state index contributed by atoms with van der Waals surface area (Å²) in [5.41, 5.74) is 2.02. The fourth-order valence-corrected chi connectivity index (χ4v) is 5.43. The average molecular weight is 572 g/mol. The minimum Gasteiger partial charge on any atom is -0.450 e. The first-order valence-corrected chi connectivity index (χ1v) is 14.6. The van der Waals surface area contributed by atoms with Gasteiger partial charge in [-0.2, -0.15) is 9.97 Å². The number of nitrogens with zero attached hydrogens (tertiary/aromatic N) is 5. The van der Waals surface area contributed by atoms with Gasteiger partial charge in [-0.25, -0.2) is 18.6 Å². The highest BCUT2D eigenvalue weighted by Gasteiger charge is 2.25. The number of alkyl halides is 2. The number of carbonyl (C=O) groups excluding carboxylic acids is 1. The average Bonchev–Trinajstić information content (AvgIpc) is 3.36. The predicted octanol–water partition coefficient (Wildman–Crippen LogP) is 5.40. The minimum atomic E-state index is -2.77. The van der Waals surface area contributed by atoms with E-state index < -0.39 is 6.43 Å². The topological polar surface area (TPSA) is 106 Å². The smallest absolute Gasteiger partial charge is 0.407 e. The summed E-state index contributed by atoms with van der Waals surface area (Å²) in [6.07, 6.45) is 2.34. The maximum atomic E-state index is 14.2. The Hall–Kier alpha value is -3.54. The number of nitrogens with one attached hydrogen (secondary N) is 2. The van der Waals surface area contributed by atoms with E-state index in [0.29, 0.717) is 74.0 Å². The molecule has 0 spiro atoms. The Labute approximate surface area is 238 Å². The molecule has 1 saturated heterocycles. The number of alkyl carbamates (subject to hydrolysis) is 1. The molecule has 2 aliphatic rings. The molecule has 1 aliphatic carbocycles. The highest BCUT2D eigenvalue weighted by Crippen LogP contribution is 2.30. The number of halogens is 2. The van der Waals surface area contributed by atoms with Crippen LogP contribution in [-0.4, -0.2) is 71.1 Å².